The molecule has 1 saturated heterocycles. The Hall–Kier alpha value is -0.170. The summed E-state index contributed by atoms with van der Waals surface area (Å²) >= 11 is 0. The summed E-state index contributed by atoms with van der Waals surface area (Å²) in [5, 5.41) is 2.51. The maximum atomic E-state index is 12.0. The molecule has 0 aliphatic carbocycles. The first kappa shape index (κ1) is 12.9. The van der Waals surface area contributed by atoms with Crippen LogP contribution in [0.1, 0.15) is 13.3 Å². The molecule has 5 nitrogen and oxygen atoms in total. The van der Waals surface area contributed by atoms with Crippen LogP contribution < -0.4 is 5.32 Å². The minimum Gasteiger partial charge on any atom is -0.380 e. The van der Waals surface area contributed by atoms with Crippen LogP contribution in [0, 0.1) is 0 Å². The smallest absolute Gasteiger partial charge is 0.218 e. The molecule has 0 aromatic carbocycles. The first-order valence-electron chi connectivity index (χ1n) is 5.18. The lowest BCUT2D eigenvalue weighted by Gasteiger charge is -2.21. The summed E-state index contributed by atoms with van der Waals surface area (Å²) in [5.74, 6) is 0. The van der Waals surface area contributed by atoms with E-state index in [2.05, 4.69) is 5.32 Å². The highest BCUT2D eigenvalue weighted by Crippen LogP contribution is 2.18. The third kappa shape index (κ3) is 2.90. The minimum atomic E-state index is -3.15. The number of methoxy groups -OCH3 is 1. The Kier molecular flexibility index (Phi) is 4.51. The van der Waals surface area contributed by atoms with Crippen molar-refractivity contribution in [1.82, 2.24) is 9.62 Å². The topological polar surface area (TPSA) is 58.6 Å². The van der Waals surface area contributed by atoms with E-state index < -0.39 is 10.0 Å². The minimum absolute atomic E-state index is 0.0570. The summed E-state index contributed by atoms with van der Waals surface area (Å²) in [5.41, 5.74) is 0. The molecular weight excluding hydrogens is 216 g/mol. The Morgan fingerprint density at radius 3 is 2.73 bits per heavy atom. The average Bonchev–Trinajstić information content (AvgIpc) is 2.66. The summed E-state index contributed by atoms with van der Waals surface area (Å²) < 4.78 is 30.7. The van der Waals surface area contributed by atoms with Gasteiger partial charge in [-0.25, -0.2) is 8.42 Å². The van der Waals surface area contributed by atoms with Crippen molar-refractivity contribution in [3.8, 4) is 0 Å². The Morgan fingerprint density at radius 1 is 1.60 bits per heavy atom. The third-order valence-corrected chi connectivity index (χ3v) is 5.04. The highest BCUT2D eigenvalue weighted by Gasteiger charge is 2.34. The van der Waals surface area contributed by atoms with Crippen molar-refractivity contribution >= 4 is 10.0 Å². The fraction of sp³-hybridized carbons (Fsp3) is 1.00. The number of ether oxygens (including phenoxy) is 1. The zero-order chi connectivity index (χ0) is 11.5. The van der Waals surface area contributed by atoms with Gasteiger partial charge >= 0.3 is 0 Å². The summed E-state index contributed by atoms with van der Waals surface area (Å²) in [6.45, 7) is 3.28. The van der Waals surface area contributed by atoms with Gasteiger partial charge in [-0.1, -0.05) is 0 Å². The quantitative estimate of drug-likeness (QED) is 0.708. The van der Waals surface area contributed by atoms with Crippen molar-refractivity contribution in [1.29, 1.82) is 0 Å². The normalized spacial score (nSPS) is 25.7. The second-order valence-electron chi connectivity index (χ2n) is 3.92. The molecule has 0 amide bonds. The lowest BCUT2D eigenvalue weighted by atomic mass is 10.3. The monoisotopic (exact) mass is 236 g/mol. The van der Waals surface area contributed by atoms with E-state index in [0.29, 0.717) is 19.6 Å². The van der Waals surface area contributed by atoms with Crippen LogP contribution in [-0.2, 0) is 14.8 Å². The third-order valence-electron chi connectivity index (χ3n) is 2.80. The van der Waals surface area contributed by atoms with E-state index in [1.54, 1.807) is 21.1 Å². The molecule has 1 rings (SSSR count). The van der Waals surface area contributed by atoms with Crippen LogP contribution in [0.25, 0.3) is 0 Å². The van der Waals surface area contributed by atoms with Gasteiger partial charge in [-0.2, -0.15) is 4.31 Å². The molecule has 2 unspecified atom stereocenters. The Balaban J connectivity index is 2.63. The Labute approximate surface area is 91.8 Å². The van der Waals surface area contributed by atoms with E-state index in [4.69, 9.17) is 4.74 Å². The largest absolute Gasteiger partial charge is 0.380 e. The first-order chi connectivity index (χ1) is 7.02. The number of hydrogen-bond donors (Lipinski definition) is 1. The molecule has 1 fully saturated rings. The van der Waals surface area contributed by atoms with Crippen molar-refractivity contribution in [3.63, 3.8) is 0 Å². The van der Waals surface area contributed by atoms with Crippen molar-refractivity contribution < 1.29 is 13.2 Å². The average molecular weight is 236 g/mol. The number of hydrogen-bond acceptors (Lipinski definition) is 4. The van der Waals surface area contributed by atoms with Crippen LogP contribution >= 0.6 is 0 Å². The lowest BCUT2D eigenvalue weighted by Crippen LogP contribution is -2.40. The van der Waals surface area contributed by atoms with Gasteiger partial charge in [-0.15, -0.1) is 0 Å². The second kappa shape index (κ2) is 5.25. The van der Waals surface area contributed by atoms with Crippen LogP contribution in [0.2, 0.25) is 0 Å². The highest BCUT2D eigenvalue weighted by molar-refractivity contribution is 7.89. The predicted octanol–water partition coefficient (Wildman–Crippen LogP) is -0.355. The van der Waals surface area contributed by atoms with Crippen LogP contribution in [0.3, 0.4) is 0 Å². The van der Waals surface area contributed by atoms with E-state index in [-0.39, 0.29) is 11.4 Å². The van der Waals surface area contributed by atoms with Gasteiger partial charge in [-0.05, 0) is 20.4 Å². The van der Waals surface area contributed by atoms with Crippen LogP contribution in [0.5, 0.6) is 0 Å². The fourth-order valence-corrected chi connectivity index (χ4v) is 3.39. The summed E-state index contributed by atoms with van der Waals surface area (Å²) in [4.78, 5) is 0. The molecule has 6 heteroatoms. The van der Waals surface area contributed by atoms with Crippen LogP contribution in [-0.4, -0.2) is 57.9 Å². The fourth-order valence-electron chi connectivity index (χ4n) is 1.77. The zero-order valence-electron chi connectivity index (χ0n) is 9.56. The molecule has 2 atom stereocenters. The van der Waals surface area contributed by atoms with Crippen molar-refractivity contribution in [3.05, 3.63) is 0 Å². The summed E-state index contributed by atoms with van der Waals surface area (Å²) in [7, 11) is 0.228. The Morgan fingerprint density at radius 2 is 2.27 bits per heavy atom. The SMILES string of the molecule is CNCC(C)S(=O)(=O)N1CCC(OC)C1. The van der Waals surface area contributed by atoms with Gasteiger partial charge in [0.25, 0.3) is 0 Å². The van der Waals surface area contributed by atoms with E-state index in [1.807, 2.05) is 0 Å². The van der Waals surface area contributed by atoms with Gasteiger partial charge < -0.3 is 10.1 Å². The van der Waals surface area contributed by atoms with Gasteiger partial charge in [0.1, 0.15) is 0 Å². The molecule has 0 aromatic rings. The molecule has 1 N–H and O–H groups in total. The second-order valence-corrected chi connectivity index (χ2v) is 6.27. The van der Waals surface area contributed by atoms with E-state index in [0.717, 1.165) is 6.42 Å². The first-order valence-corrected chi connectivity index (χ1v) is 6.69. The lowest BCUT2D eigenvalue weighted by molar-refractivity contribution is 0.115. The molecule has 0 radical (unpaired) electrons. The molecule has 1 heterocycles. The maximum Gasteiger partial charge on any atom is 0.218 e. The summed E-state index contributed by atoms with van der Waals surface area (Å²) in [6.07, 6.45) is 0.851. The van der Waals surface area contributed by atoms with Crippen LogP contribution in [0.4, 0.5) is 0 Å². The molecule has 1 aliphatic heterocycles. The standard InChI is InChI=1S/C9H20N2O3S/c1-8(6-10-2)15(12,13)11-5-4-9(7-11)14-3/h8-10H,4-7H2,1-3H3. The molecule has 0 saturated carbocycles. The number of nitrogens with zero attached hydrogens (tertiary/aromatic N) is 1. The molecule has 15 heavy (non-hydrogen) atoms. The van der Waals surface area contributed by atoms with Gasteiger partial charge in [0, 0.05) is 26.7 Å². The predicted molar refractivity (Wildman–Crippen MR) is 59.3 cm³/mol. The van der Waals surface area contributed by atoms with Crippen molar-refractivity contribution in [2.45, 2.75) is 24.7 Å². The zero-order valence-corrected chi connectivity index (χ0v) is 10.4. The molecule has 90 valence electrons. The Bertz CT molecular complexity index is 292. The summed E-state index contributed by atoms with van der Waals surface area (Å²) in [6, 6.07) is 0. The molecular formula is C9H20N2O3S. The number of nitrogens with one attached hydrogen (secondary N) is 1. The molecule has 0 bridgehead atoms. The van der Waals surface area contributed by atoms with Gasteiger partial charge in [0.05, 0.1) is 11.4 Å². The van der Waals surface area contributed by atoms with Gasteiger partial charge in [0.15, 0.2) is 0 Å². The number of rotatable bonds is 5. The maximum absolute atomic E-state index is 12.0. The van der Waals surface area contributed by atoms with E-state index in [1.165, 1.54) is 4.31 Å². The molecule has 0 aromatic heterocycles. The molecule has 1 aliphatic rings. The van der Waals surface area contributed by atoms with E-state index >= 15 is 0 Å². The highest BCUT2D eigenvalue weighted by atomic mass is 32.2. The van der Waals surface area contributed by atoms with E-state index in [9.17, 15) is 8.42 Å². The van der Waals surface area contributed by atoms with Crippen molar-refractivity contribution in [2.24, 2.45) is 0 Å². The molecule has 0 spiro atoms. The van der Waals surface area contributed by atoms with Crippen molar-refractivity contribution in [2.75, 3.05) is 33.8 Å². The number of sulfonamides is 1. The van der Waals surface area contributed by atoms with Gasteiger partial charge in [0.2, 0.25) is 10.0 Å². The van der Waals surface area contributed by atoms with Crippen LogP contribution in [0.15, 0.2) is 0 Å². The van der Waals surface area contributed by atoms with Gasteiger partial charge in [-0.3, -0.25) is 0 Å².